The number of aryl methyl sites for hydroxylation is 1. The third-order valence-corrected chi connectivity index (χ3v) is 2.03. The van der Waals surface area contributed by atoms with E-state index in [4.69, 9.17) is 17.3 Å². The normalized spacial score (nSPS) is 12.8. The van der Waals surface area contributed by atoms with Crippen molar-refractivity contribution in [3.8, 4) is 0 Å². The number of nitrogens with zero attached hydrogens (tertiary/aromatic N) is 2. The summed E-state index contributed by atoms with van der Waals surface area (Å²) in [5.74, 6) is -0.549. The fourth-order valence-electron chi connectivity index (χ4n) is 0.952. The van der Waals surface area contributed by atoms with E-state index in [-0.39, 0.29) is 0 Å². The average Bonchev–Trinajstić information content (AvgIpc) is 2.49. The van der Waals surface area contributed by atoms with Crippen LogP contribution in [0.5, 0.6) is 0 Å². The first-order valence-electron chi connectivity index (χ1n) is 3.60. The van der Waals surface area contributed by atoms with Gasteiger partial charge < -0.3 is 10.3 Å². The number of alkyl halides is 1. The highest BCUT2D eigenvalue weighted by Crippen LogP contribution is 2.18. The maximum Gasteiger partial charge on any atom is 0.241 e. The van der Waals surface area contributed by atoms with Crippen molar-refractivity contribution in [3.63, 3.8) is 0 Å². The second-order valence-corrected chi connectivity index (χ2v) is 2.81. The molecule has 1 aromatic rings. The van der Waals surface area contributed by atoms with Crippen molar-refractivity contribution in [1.82, 2.24) is 9.55 Å². The Morgan fingerprint density at radius 3 is 3.08 bits per heavy atom. The predicted molar refractivity (Wildman–Crippen MR) is 45.7 cm³/mol. The van der Waals surface area contributed by atoms with Crippen LogP contribution in [0.25, 0.3) is 0 Å². The van der Waals surface area contributed by atoms with Crippen LogP contribution in [0.4, 0.5) is 0 Å². The molecule has 2 N–H and O–H groups in total. The summed E-state index contributed by atoms with van der Waals surface area (Å²) in [6, 6.07) is 0. The van der Waals surface area contributed by atoms with Crippen LogP contribution in [0.15, 0.2) is 12.5 Å². The lowest BCUT2D eigenvalue weighted by atomic mass is 10.3. The van der Waals surface area contributed by atoms with Crippen molar-refractivity contribution in [2.45, 2.75) is 18.8 Å². The quantitative estimate of drug-likeness (QED) is 0.707. The van der Waals surface area contributed by atoms with Gasteiger partial charge in [0.15, 0.2) is 5.38 Å². The van der Waals surface area contributed by atoms with Gasteiger partial charge in [0.2, 0.25) is 5.91 Å². The van der Waals surface area contributed by atoms with Crippen LogP contribution >= 0.6 is 11.6 Å². The zero-order chi connectivity index (χ0) is 9.14. The molecule has 1 heterocycles. The van der Waals surface area contributed by atoms with Crippen LogP contribution in [0.1, 0.15) is 18.0 Å². The molecule has 1 unspecified atom stereocenters. The molecule has 1 amide bonds. The van der Waals surface area contributed by atoms with E-state index >= 15 is 0 Å². The number of halogens is 1. The van der Waals surface area contributed by atoms with Crippen molar-refractivity contribution in [3.05, 3.63) is 18.2 Å². The number of amides is 1. The number of primary amides is 1. The third-order valence-electron chi connectivity index (χ3n) is 1.59. The third kappa shape index (κ3) is 1.58. The zero-order valence-corrected chi connectivity index (χ0v) is 7.45. The van der Waals surface area contributed by atoms with Gasteiger partial charge in [0, 0.05) is 6.54 Å². The Kier molecular flexibility index (Phi) is 2.70. The summed E-state index contributed by atoms with van der Waals surface area (Å²) in [6.07, 6.45) is 3.17. The van der Waals surface area contributed by atoms with Gasteiger partial charge in [0.25, 0.3) is 0 Å². The topological polar surface area (TPSA) is 60.9 Å². The van der Waals surface area contributed by atoms with E-state index in [9.17, 15) is 4.79 Å². The highest BCUT2D eigenvalue weighted by Gasteiger charge is 2.17. The van der Waals surface area contributed by atoms with Crippen LogP contribution in [-0.4, -0.2) is 15.5 Å². The number of aromatic nitrogens is 2. The smallest absolute Gasteiger partial charge is 0.241 e. The van der Waals surface area contributed by atoms with E-state index in [1.165, 1.54) is 0 Å². The van der Waals surface area contributed by atoms with E-state index < -0.39 is 11.3 Å². The first kappa shape index (κ1) is 9.06. The molecule has 0 aliphatic rings. The van der Waals surface area contributed by atoms with Gasteiger partial charge >= 0.3 is 0 Å². The van der Waals surface area contributed by atoms with Crippen molar-refractivity contribution in [1.29, 1.82) is 0 Å². The maximum absolute atomic E-state index is 10.7. The molecule has 0 bridgehead atoms. The molecule has 66 valence electrons. The number of imidazole rings is 1. The van der Waals surface area contributed by atoms with Gasteiger partial charge in [-0.2, -0.15) is 0 Å². The van der Waals surface area contributed by atoms with E-state index in [2.05, 4.69) is 4.98 Å². The molecule has 0 aliphatic heterocycles. The molecular formula is C7H10ClN3O. The summed E-state index contributed by atoms with van der Waals surface area (Å²) >= 11 is 5.73. The van der Waals surface area contributed by atoms with Gasteiger partial charge in [-0.1, -0.05) is 0 Å². The second kappa shape index (κ2) is 3.58. The number of hydrogen-bond acceptors (Lipinski definition) is 2. The summed E-state index contributed by atoms with van der Waals surface area (Å²) < 4.78 is 1.78. The minimum absolute atomic E-state index is 0.549. The molecule has 1 rings (SSSR count). The molecule has 0 aliphatic carbocycles. The van der Waals surface area contributed by atoms with Gasteiger partial charge in [0.05, 0.1) is 18.2 Å². The van der Waals surface area contributed by atoms with Gasteiger partial charge in [-0.3, -0.25) is 4.79 Å². The molecule has 4 nitrogen and oxygen atoms in total. The van der Waals surface area contributed by atoms with E-state index in [0.29, 0.717) is 5.69 Å². The molecular weight excluding hydrogens is 178 g/mol. The highest BCUT2D eigenvalue weighted by molar-refractivity contribution is 6.30. The summed E-state index contributed by atoms with van der Waals surface area (Å²) in [4.78, 5) is 14.6. The molecule has 0 fully saturated rings. The van der Waals surface area contributed by atoms with Crippen molar-refractivity contribution >= 4 is 17.5 Å². The minimum atomic E-state index is -0.785. The Labute approximate surface area is 75.3 Å². The number of carbonyl (C=O) groups excluding carboxylic acids is 1. The Balaban J connectivity index is 2.93. The monoisotopic (exact) mass is 187 g/mol. The van der Waals surface area contributed by atoms with Crippen molar-refractivity contribution in [2.75, 3.05) is 0 Å². The number of hydrogen-bond donors (Lipinski definition) is 1. The highest BCUT2D eigenvalue weighted by atomic mass is 35.5. The minimum Gasteiger partial charge on any atom is -0.368 e. The molecule has 0 spiro atoms. The van der Waals surface area contributed by atoms with Gasteiger partial charge in [-0.15, -0.1) is 11.6 Å². The Hall–Kier alpha value is -1.03. The van der Waals surface area contributed by atoms with Gasteiger partial charge in [-0.05, 0) is 6.92 Å². The van der Waals surface area contributed by atoms with E-state index in [1.54, 1.807) is 17.1 Å². The van der Waals surface area contributed by atoms with Crippen LogP contribution in [0, 0.1) is 0 Å². The van der Waals surface area contributed by atoms with Crippen LogP contribution in [0.2, 0.25) is 0 Å². The largest absolute Gasteiger partial charge is 0.368 e. The molecule has 1 aromatic heterocycles. The molecule has 0 saturated carbocycles. The Morgan fingerprint density at radius 1 is 1.92 bits per heavy atom. The SMILES string of the molecule is CCn1cncc1C(Cl)C(N)=O. The standard InChI is InChI=1S/C7H10ClN3O/c1-2-11-4-10-3-5(11)6(8)7(9)12/h3-4,6H,2H2,1H3,(H2,9,12). The lowest BCUT2D eigenvalue weighted by Crippen LogP contribution is -2.19. The Bertz CT molecular complexity index is 284. The predicted octanol–water partition coefficient (Wildman–Crippen LogP) is 0.668. The lowest BCUT2D eigenvalue weighted by Gasteiger charge is -2.07. The van der Waals surface area contributed by atoms with E-state index in [1.807, 2.05) is 6.92 Å². The molecule has 0 saturated heterocycles. The number of nitrogens with two attached hydrogens (primary N) is 1. The maximum atomic E-state index is 10.7. The fourth-order valence-corrected chi connectivity index (χ4v) is 1.13. The molecule has 5 heteroatoms. The molecule has 0 aromatic carbocycles. The zero-order valence-electron chi connectivity index (χ0n) is 6.70. The van der Waals surface area contributed by atoms with Gasteiger partial charge in [0.1, 0.15) is 0 Å². The summed E-state index contributed by atoms with van der Waals surface area (Å²) in [7, 11) is 0. The first-order valence-corrected chi connectivity index (χ1v) is 4.04. The number of rotatable bonds is 3. The summed E-state index contributed by atoms with van der Waals surface area (Å²) in [6.45, 7) is 2.67. The number of carbonyl (C=O) groups is 1. The molecule has 0 radical (unpaired) electrons. The van der Waals surface area contributed by atoms with Crippen LogP contribution in [-0.2, 0) is 11.3 Å². The summed E-state index contributed by atoms with van der Waals surface area (Å²) in [5, 5.41) is -0.785. The van der Waals surface area contributed by atoms with Crippen molar-refractivity contribution in [2.24, 2.45) is 5.73 Å². The van der Waals surface area contributed by atoms with Crippen molar-refractivity contribution < 1.29 is 4.79 Å². The fraction of sp³-hybridized carbons (Fsp3) is 0.429. The van der Waals surface area contributed by atoms with Crippen LogP contribution in [0.3, 0.4) is 0 Å². The van der Waals surface area contributed by atoms with E-state index in [0.717, 1.165) is 6.54 Å². The summed E-state index contributed by atoms with van der Waals surface area (Å²) in [5.41, 5.74) is 5.68. The average molecular weight is 188 g/mol. The molecule has 12 heavy (non-hydrogen) atoms. The first-order chi connectivity index (χ1) is 5.66. The lowest BCUT2D eigenvalue weighted by molar-refractivity contribution is -0.117. The Morgan fingerprint density at radius 2 is 2.58 bits per heavy atom. The van der Waals surface area contributed by atoms with Gasteiger partial charge in [-0.25, -0.2) is 4.98 Å². The second-order valence-electron chi connectivity index (χ2n) is 2.37. The van der Waals surface area contributed by atoms with Crippen LogP contribution < -0.4 is 5.73 Å². The molecule has 1 atom stereocenters.